The zero-order valence-electron chi connectivity index (χ0n) is 13.5. The van der Waals surface area contributed by atoms with Crippen molar-refractivity contribution in [2.75, 3.05) is 37.7 Å². The Morgan fingerprint density at radius 3 is 2.62 bits per heavy atom. The van der Waals surface area contributed by atoms with Crippen LogP contribution >= 0.6 is 0 Å². The minimum atomic E-state index is 0.552. The molecule has 116 valence electrons. The van der Waals surface area contributed by atoms with E-state index in [1.807, 2.05) is 0 Å². The van der Waals surface area contributed by atoms with Crippen LogP contribution in [0.3, 0.4) is 0 Å². The van der Waals surface area contributed by atoms with Gasteiger partial charge < -0.3 is 9.64 Å². The molecular formula is C17H27N3O. The molecule has 1 aromatic heterocycles. The van der Waals surface area contributed by atoms with Crippen molar-refractivity contribution < 1.29 is 4.74 Å². The number of ether oxygens (including phenoxy) is 1. The smallest absolute Gasteiger partial charge is 0.128 e. The van der Waals surface area contributed by atoms with Crippen molar-refractivity contribution in [1.82, 2.24) is 9.88 Å². The maximum absolute atomic E-state index is 5.42. The third-order valence-corrected chi connectivity index (χ3v) is 4.76. The van der Waals surface area contributed by atoms with Crippen molar-refractivity contribution in [3.05, 3.63) is 23.4 Å². The summed E-state index contributed by atoms with van der Waals surface area (Å²) in [6.07, 6.45) is 2.56. The lowest BCUT2D eigenvalue weighted by atomic mass is 10.0. The van der Waals surface area contributed by atoms with E-state index in [2.05, 4.69) is 42.7 Å². The average molecular weight is 289 g/mol. The number of anilines is 1. The molecule has 0 saturated carbocycles. The van der Waals surface area contributed by atoms with Crippen molar-refractivity contribution in [2.45, 2.75) is 45.7 Å². The van der Waals surface area contributed by atoms with Gasteiger partial charge in [-0.1, -0.05) is 6.07 Å². The Bertz CT molecular complexity index is 483. The molecule has 0 N–H and O–H groups in total. The summed E-state index contributed by atoms with van der Waals surface area (Å²) in [4.78, 5) is 9.82. The third kappa shape index (κ3) is 3.06. The van der Waals surface area contributed by atoms with E-state index in [-0.39, 0.29) is 0 Å². The van der Waals surface area contributed by atoms with E-state index in [0.29, 0.717) is 12.1 Å². The monoisotopic (exact) mass is 289 g/mol. The van der Waals surface area contributed by atoms with Crippen LogP contribution in [0.1, 0.15) is 44.0 Å². The predicted octanol–water partition coefficient (Wildman–Crippen LogP) is 2.77. The Hall–Kier alpha value is -1.13. The molecule has 0 aromatic carbocycles. The minimum absolute atomic E-state index is 0.552. The number of morpholine rings is 1. The molecule has 4 heteroatoms. The molecule has 1 aromatic rings. The first kappa shape index (κ1) is 14.8. The second kappa shape index (κ2) is 6.32. The van der Waals surface area contributed by atoms with Crippen LogP contribution in [-0.2, 0) is 4.74 Å². The second-order valence-electron chi connectivity index (χ2n) is 6.43. The molecule has 0 radical (unpaired) electrons. The zero-order valence-corrected chi connectivity index (χ0v) is 13.5. The predicted molar refractivity (Wildman–Crippen MR) is 85.8 cm³/mol. The molecule has 2 aliphatic heterocycles. The summed E-state index contributed by atoms with van der Waals surface area (Å²) < 4.78 is 5.42. The Kier molecular flexibility index (Phi) is 4.45. The number of hydrogen-bond acceptors (Lipinski definition) is 4. The second-order valence-corrected chi connectivity index (χ2v) is 6.43. The Morgan fingerprint density at radius 1 is 1.19 bits per heavy atom. The minimum Gasteiger partial charge on any atom is -0.378 e. The highest BCUT2D eigenvalue weighted by molar-refractivity contribution is 5.43. The summed E-state index contributed by atoms with van der Waals surface area (Å²) in [5.41, 5.74) is 2.61. The highest BCUT2D eigenvalue weighted by atomic mass is 16.5. The van der Waals surface area contributed by atoms with E-state index in [4.69, 9.17) is 9.72 Å². The fourth-order valence-electron chi connectivity index (χ4n) is 3.62. The number of likely N-dealkylation sites (tertiary alicyclic amines) is 1. The molecule has 2 aliphatic rings. The van der Waals surface area contributed by atoms with Crippen LogP contribution in [0.5, 0.6) is 0 Å². The van der Waals surface area contributed by atoms with Crippen LogP contribution in [0.4, 0.5) is 5.82 Å². The van der Waals surface area contributed by atoms with Crippen LogP contribution < -0.4 is 4.90 Å². The van der Waals surface area contributed by atoms with Crippen molar-refractivity contribution in [3.8, 4) is 0 Å². The van der Waals surface area contributed by atoms with E-state index in [0.717, 1.165) is 32.1 Å². The van der Waals surface area contributed by atoms with Gasteiger partial charge in [-0.2, -0.15) is 0 Å². The Morgan fingerprint density at radius 2 is 1.95 bits per heavy atom. The Labute approximate surface area is 128 Å². The molecule has 2 saturated heterocycles. The number of rotatable bonds is 3. The number of aromatic nitrogens is 1. The number of hydrogen-bond donors (Lipinski definition) is 0. The lowest BCUT2D eigenvalue weighted by molar-refractivity contribution is 0.122. The van der Waals surface area contributed by atoms with Gasteiger partial charge in [-0.05, 0) is 51.8 Å². The average Bonchev–Trinajstić information content (AvgIpc) is 2.97. The van der Waals surface area contributed by atoms with Crippen molar-refractivity contribution in [3.63, 3.8) is 0 Å². The highest BCUT2D eigenvalue weighted by Crippen LogP contribution is 2.35. The molecule has 2 fully saturated rings. The maximum Gasteiger partial charge on any atom is 0.128 e. The van der Waals surface area contributed by atoms with Gasteiger partial charge >= 0.3 is 0 Å². The summed E-state index contributed by atoms with van der Waals surface area (Å²) in [6.45, 7) is 11.5. The molecular weight excluding hydrogens is 262 g/mol. The van der Waals surface area contributed by atoms with Crippen LogP contribution in [0.2, 0.25) is 0 Å². The summed E-state index contributed by atoms with van der Waals surface area (Å²) in [5, 5.41) is 0. The van der Waals surface area contributed by atoms with Crippen LogP contribution in [0.25, 0.3) is 0 Å². The molecule has 3 heterocycles. The molecule has 1 atom stereocenters. The molecule has 0 amide bonds. The fraction of sp³-hybridized carbons (Fsp3) is 0.706. The van der Waals surface area contributed by atoms with Gasteiger partial charge in [0.1, 0.15) is 5.82 Å². The quantitative estimate of drug-likeness (QED) is 0.855. The molecule has 3 rings (SSSR count). The fourth-order valence-corrected chi connectivity index (χ4v) is 3.62. The van der Waals surface area contributed by atoms with Gasteiger partial charge in [-0.15, -0.1) is 0 Å². The van der Waals surface area contributed by atoms with Gasteiger partial charge in [-0.3, -0.25) is 4.90 Å². The number of aryl methyl sites for hydroxylation is 1. The summed E-state index contributed by atoms with van der Waals surface area (Å²) in [7, 11) is 0. The highest BCUT2D eigenvalue weighted by Gasteiger charge is 2.29. The first-order valence-electron chi connectivity index (χ1n) is 8.23. The van der Waals surface area contributed by atoms with Crippen LogP contribution in [0.15, 0.2) is 12.1 Å². The van der Waals surface area contributed by atoms with Crippen LogP contribution in [-0.4, -0.2) is 48.8 Å². The molecule has 4 nitrogen and oxygen atoms in total. The molecule has 21 heavy (non-hydrogen) atoms. The zero-order chi connectivity index (χ0) is 14.8. The number of pyridine rings is 1. The lowest BCUT2D eigenvalue weighted by Gasteiger charge is -2.31. The van der Waals surface area contributed by atoms with Gasteiger partial charge in [0, 0.05) is 30.9 Å². The maximum atomic E-state index is 5.42. The first-order chi connectivity index (χ1) is 10.2. The van der Waals surface area contributed by atoms with Crippen LogP contribution in [0, 0.1) is 6.92 Å². The van der Waals surface area contributed by atoms with Crippen molar-refractivity contribution in [2.24, 2.45) is 0 Å². The van der Waals surface area contributed by atoms with Gasteiger partial charge in [0.05, 0.1) is 13.2 Å². The first-order valence-corrected chi connectivity index (χ1v) is 8.23. The van der Waals surface area contributed by atoms with E-state index >= 15 is 0 Å². The van der Waals surface area contributed by atoms with Crippen molar-refractivity contribution in [1.29, 1.82) is 0 Å². The molecule has 0 aliphatic carbocycles. The molecule has 0 spiro atoms. The normalized spacial score (nSPS) is 24.0. The topological polar surface area (TPSA) is 28.6 Å². The molecule has 0 unspecified atom stereocenters. The number of nitrogens with zero attached hydrogens (tertiary/aromatic N) is 3. The summed E-state index contributed by atoms with van der Waals surface area (Å²) >= 11 is 0. The van der Waals surface area contributed by atoms with Gasteiger partial charge in [0.15, 0.2) is 0 Å². The summed E-state index contributed by atoms with van der Waals surface area (Å²) in [5.74, 6) is 1.11. The molecule has 0 bridgehead atoms. The lowest BCUT2D eigenvalue weighted by Crippen LogP contribution is -2.37. The SMILES string of the molecule is Cc1nc(N2CCOCC2)ccc1[C@H]1CCCN1C(C)C. The third-order valence-electron chi connectivity index (χ3n) is 4.76. The standard InChI is InChI=1S/C17H27N3O/c1-13(2)20-8-4-5-16(20)15-6-7-17(18-14(15)3)19-9-11-21-12-10-19/h6-7,13,16H,4-5,8-12H2,1-3H3/t16-/m1/s1. The van der Waals surface area contributed by atoms with Gasteiger partial charge in [0.25, 0.3) is 0 Å². The van der Waals surface area contributed by atoms with E-state index in [9.17, 15) is 0 Å². The largest absolute Gasteiger partial charge is 0.378 e. The van der Waals surface area contributed by atoms with E-state index < -0.39 is 0 Å². The Balaban J connectivity index is 1.80. The van der Waals surface area contributed by atoms with Gasteiger partial charge in [0.2, 0.25) is 0 Å². The van der Waals surface area contributed by atoms with E-state index in [1.54, 1.807) is 0 Å². The van der Waals surface area contributed by atoms with Crippen molar-refractivity contribution >= 4 is 5.82 Å². The van der Waals surface area contributed by atoms with E-state index in [1.165, 1.54) is 30.6 Å². The van der Waals surface area contributed by atoms with Gasteiger partial charge in [-0.25, -0.2) is 4.98 Å². The summed E-state index contributed by atoms with van der Waals surface area (Å²) in [6, 6.07) is 5.66.